The molecule has 10 aromatic rings. The SMILES string of the molecule is O=C1[O][Sn]([O]C(=O)/C(Cc2ccccc2)=C(/Cc2ccccc2)C(=O)[O][Sn]2([CH](c3ccccc3)c3ccccc3)[O]C(=O)C(Cc3ccccc3)=C(Cc3ccccc3)C(=O)[O]2)([CH](c2ccccc2)c2ccccc2)[O]C(=O)C(Cc2ccccc2)=C1Cc1ccccc1. The normalized spacial score (nSPS) is 14.7. The molecule has 2 heterocycles. The average Bonchev–Trinajstić information content (AvgIpc) is 1.45. The Morgan fingerprint density at radius 2 is 0.447 bits per heavy atom. The number of hydrogen-bond donors (Lipinski definition) is 0. The standard InChI is InChI=1S/3C18H16O4.2C13H11.2Sn/c3*19-17(20)15(11-13-7-3-1-4-8-13)16(18(21)22)12-14-9-5-2-6-10-14;2*1-3-7-12(8-4-1)11-13-9-5-2-6-10-13;;/h3*1-10H,11-12H2,(H,19,20)(H,21,22);2*1-11H;;/q;;;;;2*+3/p-6/b16-15-;;;;;;. The molecule has 10 aromatic carbocycles. The van der Waals surface area contributed by atoms with Crippen LogP contribution < -0.4 is 0 Å². The van der Waals surface area contributed by atoms with E-state index in [-0.39, 0.29) is 72.0 Å². The molecule has 2 aliphatic heterocycles. The van der Waals surface area contributed by atoms with Crippen LogP contribution in [-0.4, -0.2) is 75.1 Å². The van der Waals surface area contributed by atoms with E-state index in [1.54, 1.807) is 146 Å². The second-order valence-corrected chi connectivity index (χ2v) is 36.6. The molecule has 14 heteroatoms. The van der Waals surface area contributed by atoms with Gasteiger partial charge in [-0.3, -0.25) is 0 Å². The van der Waals surface area contributed by atoms with Crippen LogP contribution >= 0.6 is 0 Å². The Balaban J connectivity index is 1.06. The van der Waals surface area contributed by atoms with Crippen molar-refractivity contribution in [3.05, 3.63) is 392 Å². The van der Waals surface area contributed by atoms with Crippen LogP contribution in [0.25, 0.3) is 0 Å². The second kappa shape index (κ2) is 30.1. The van der Waals surface area contributed by atoms with E-state index < -0.39 is 82.9 Å². The maximum atomic E-state index is 16.7. The van der Waals surface area contributed by atoms with Gasteiger partial charge in [0.25, 0.3) is 0 Å². The van der Waals surface area contributed by atoms with Gasteiger partial charge in [0.1, 0.15) is 0 Å². The fourth-order valence-corrected chi connectivity index (χ4v) is 28.1. The van der Waals surface area contributed by atoms with Crippen LogP contribution in [0.15, 0.2) is 337 Å². The average molecular weight is 1450 g/mol. The molecule has 0 aliphatic carbocycles. The summed E-state index contributed by atoms with van der Waals surface area (Å²) in [7, 11) is 0. The van der Waals surface area contributed by atoms with Gasteiger partial charge in [0.15, 0.2) is 0 Å². The van der Waals surface area contributed by atoms with Crippen LogP contribution in [0.2, 0.25) is 0 Å². The van der Waals surface area contributed by atoms with Crippen molar-refractivity contribution in [1.29, 1.82) is 0 Å². The quantitative estimate of drug-likeness (QED) is 0.0468. The molecule has 0 bridgehead atoms. The van der Waals surface area contributed by atoms with Crippen molar-refractivity contribution in [2.45, 2.75) is 46.4 Å². The van der Waals surface area contributed by atoms with Crippen molar-refractivity contribution in [3.63, 3.8) is 0 Å². The van der Waals surface area contributed by atoms with Gasteiger partial charge in [-0.05, 0) is 0 Å². The van der Waals surface area contributed by atoms with E-state index in [9.17, 15) is 0 Å². The van der Waals surface area contributed by atoms with Crippen molar-refractivity contribution in [1.82, 2.24) is 0 Å². The molecule has 0 aromatic heterocycles. The Labute approximate surface area is 556 Å². The maximum absolute atomic E-state index is 16.7. The molecule has 2 aliphatic rings. The summed E-state index contributed by atoms with van der Waals surface area (Å²) in [5, 5.41) is 0. The van der Waals surface area contributed by atoms with Gasteiger partial charge >= 0.3 is 561 Å². The zero-order chi connectivity index (χ0) is 64.7. The van der Waals surface area contributed by atoms with Gasteiger partial charge in [0, 0.05) is 0 Å². The first-order chi connectivity index (χ1) is 46.0. The topological polar surface area (TPSA) is 158 Å². The molecule has 464 valence electrons. The molecule has 0 radical (unpaired) electrons. The zero-order valence-electron chi connectivity index (χ0n) is 51.2. The van der Waals surface area contributed by atoms with Crippen molar-refractivity contribution in [2.24, 2.45) is 0 Å². The Morgan fingerprint density at radius 3 is 0.649 bits per heavy atom. The molecule has 0 amide bonds. The van der Waals surface area contributed by atoms with Crippen molar-refractivity contribution >= 4 is 75.1 Å². The molecule has 94 heavy (non-hydrogen) atoms. The minimum atomic E-state index is -6.62. The summed E-state index contributed by atoms with van der Waals surface area (Å²) in [6.45, 7) is 0. The third-order valence-electron chi connectivity index (χ3n) is 16.6. The number of rotatable bonds is 22. The molecular weight excluding hydrogens is 1390 g/mol. The number of carbonyl (C=O) groups is 6. The van der Waals surface area contributed by atoms with Crippen LogP contribution in [0.3, 0.4) is 0 Å². The summed E-state index contributed by atoms with van der Waals surface area (Å²) in [4.78, 5) is 96.5. The molecule has 12 nitrogen and oxygen atoms in total. The first-order valence-electron chi connectivity index (χ1n) is 31.0. The molecule has 0 unspecified atom stereocenters. The van der Waals surface area contributed by atoms with Gasteiger partial charge in [-0.1, -0.05) is 0 Å². The van der Waals surface area contributed by atoms with Crippen LogP contribution in [0.4, 0.5) is 0 Å². The van der Waals surface area contributed by atoms with E-state index in [1.165, 1.54) is 0 Å². The van der Waals surface area contributed by atoms with E-state index in [0.29, 0.717) is 55.6 Å². The summed E-state index contributed by atoms with van der Waals surface area (Å²) >= 11 is -13.2. The molecule has 0 fully saturated rings. The molecular formula is C80H64O12Sn2. The fourth-order valence-electron chi connectivity index (χ4n) is 12.0. The number of carbonyl (C=O) groups excluding carboxylic acids is 6. The second-order valence-electron chi connectivity index (χ2n) is 22.9. The summed E-state index contributed by atoms with van der Waals surface area (Å²) in [6.07, 6.45) is -0.738. The van der Waals surface area contributed by atoms with Gasteiger partial charge < -0.3 is 0 Å². The third kappa shape index (κ3) is 15.2. The predicted molar refractivity (Wildman–Crippen MR) is 359 cm³/mol. The number of benzene rings is 10. The molecule has 0 atom stereocenters. The van der Waals surface area contributed by atoms with Crippen LogP contribution in [-0.2, 0) is 85.7 Å². The van der Waals surface area contributed by atoms with Crippen LogP contribution in [0.5, 0.6) is 0 Å². The van der Waals surface area contributed by atoms with E-state index in [2.05, 4.69) is 0 Å². The van der Waals surface area contributed by atoms with Gasteiger partial charge in [0.05, 0.1) is 0 Å². The predicted octanol–water partition coefficient (Wildman–Crippen LogP) is 14.2. The van der Waals surface area contributed by atoms with Gasteiger partial charge in [0.2, 0.25) is 0 Å². The van der Waals surface area contributed by atoms with Gasteiger partial charge in [-0.15, -0.1) is 0 Å². The van der Waals surface area contributed by atoms with Crippen LogP contribution in [0, 0.1) is 0 Å². The third-order valence-corrected chi connectivity index (χ3v) is 32.5. The zero-order valence-corrected chi connectivity index (χ0v) is 56.9. The summed E-state index contributed by atoms with van der Waals surface area (Å²) in [5.41, 5.74) is 5.51. The first kappa shape index (κ1) is 64.0. The molecule has 0 saturated heterocycles. The fraction of sp³-hybridized carbons (Fsp3) is 0.100. The van der Waals surface area contributed by atoms with E-state index >= 15 is 28.8 Å². The van der Waals surface area contributed by atoms with E-state index in [0.717, 1.165) is 0 Å². The Kier molecular flexibility index (Phi) is 20.5. The van der Waals surface area contributed by atoms with Gasteiger partial charge in [-0.2, -0.15) is 0 Å². The Bertz CT molecular complexity index is 3910. The molecule has 12 rings (SSSR count). The first-order valence-corrected chi connectivity index (χ1v) is 41.3. The van der Waals surface area contributed by atoms with Crippen LogP contribution in [0.1, 0.15) is 63.5 Å². The summed E-state index contributed by atoms with van der Waals surface area (Å²) < 4.78 is 39.5. The van der Waals surface area contributed by atoms with E-state index in [1.807, 2.05) is 158 Å². The molecule has 0 N–H and O–H groups in total. The number of hydrogen-bond acceptors (Lipinski definition) is 12. The minimum absolute atomic E-state index is 0.0213. The van der Waals surface area contributed by atoms with Crippen molar-refractivity contribution in [3.8, 4) is 0 Å². The summed E-state index contributed by atoms with van der Waals surface area (Å²) in [6, 6.07) is 90.6. The molecule has 0 saturated carbocycles. The van der Waals surface area contributed by atoms with Crippen molar-refractivity contribution < 1.29 is 47.2 Å². The van der Waals surface area contributed by atoms with Crippen molar-refractivity contribution in [2.75, 3.05) is 0 Å². The summed E-state index contributed by atoms with van der Waals surface area (Å²) in [5.74, 6) is -5.96. The van der Waals surface area contributed by atoms with Gasteiger partial charge in [-0.25, -0.2) is 0 Å². The van der Waals surface area contributed by atoms with E-state index in [4.69, 9.17) is 18.4 Å². The Morgan fingerprint density at radius 1 is 0.266 bits per heavy atom. The Hall–Kier alpha value is -10.2. The monoisotopic (exact) mass is 1460 g/mol. The molecule has 0 spiro atoms.